The Hall–Kier alpha value is -1.37. The molecule has 1 rings (SSSR count). The SMILES string of the molecule is C=CC(O)Oc1cccc(S(=O)(=O)O)c1. The number of hydrogen-bond acceptors (Lipinski definition) is 4. The second-order valence-electron chi connectivity index (χ2n) is 2.69. The molecule has 0 saturated heterocycles. The zero-order valence-corrected chi connectivity index (χ0v) is 8.52. The first-order valence-electron chi connectivity index (χ1n) is 3.98. The minimum absolute atomic E-state index is 0.123. The van der Waals surface area contributed by atoms with Gasteiger partial charge in [0, 0.05) is 6.07 Å². The van der Waals surface area contributed by atoms with Crippen molar-refractivity contribution in [1.82, 2.24) is 0 Å². The highest BCUT2D eigenvalue weighted by atomic mass is 32.2. The number of hydrogen-bond donors (Lipinski definition) is 2. The van der Waals surface area contributed by atoms with E-state index in [4.69, 9.17) is 14.4 Å². The van der Waals surface area contributed by atoms with Crippen LogP contribution in [0.4, 0.5) is 0 Å². The van der Waals surface area contributed by atoms with E-state index in [2.05, 4.69) is 6.58 Å². The molecule has 0 heterocycles. The minimum atomic E-state index is -4.26. The van der Waals surface area contributed by atoms with E-state index in [0.29, 0.717) is 0 Å². The molecule has 0 saturated carbocycles. The van der Waals surface area contributed by atoms with E-state index in [1.54, 1.807) is 0 Å². The predicted molar refractivity (Wildman–Crippen MR) is 53.1 cm³/mol. The van der Waals surface area contributed by atoms with Crippen molar-refractivity contribution in [3.8, 4) is 5.75 Å². The van der Waals surface area contributed by atoms with Crippen molar-refractivity contribution in [2.45, 2.75) is 11.2 Å². The van der Waals surface area contributed by atoms with Crippen LogP contribution in [0.5, 0.6) is 5.75 Å². The smallest absolute Gasteiger partial charge is 0.294 e. The van der Waals surface area contributed by atoms with Gasteiger partial charge in [-0.2, -0.15) is 8.42 Å². The fourth-order valence-electron chi connectivity index (χ4n) is 0.896. The van der Waals surface area contributed by atoms with Gasteiger partial charge in [0.2, 0.25) is 6.29 Å². The molecular weight excluding hydrogens is 220 g/mol. The molecule has 0 aliphatic rings. The maximum atomic E-state index is 10.8. The van der Waals surface area contributed by atoms with Crippen molar-refractivity contribution >= 4 is 10.1 Å². The summed E-state index contributed by atoms with van der Waals surface area (Å²) in [6.07, 6.45) is -0.0817. The van der Waals surface area contributed by atoms with E-state index in [1.165, 1.54) is 18.2 Å². The summed E-state index contributed by atoms with van der Waals surface area (Å²) in [5.74, 6) is 0.123. The third-order valence-electron chi connectivity index (χ3n) is 1.56. The molecule has 1 aromatic carbocycles. The van der Waals surface area contributed by atoms with E-state index >= 15 is 0 Å². The third kappa shape index (κ3) is 3.35. The molecule has 2 N–H and O–H groups in total. The van der Waals surface area contributed by atoms with Crippen molar-refractivity contribution < 1.29 is 22.8 Å². The summed E-state index contributed by atoms with van der Waals surface area (Å²) in [6, 6.07) is 5.14. The molecule has 0 aromatic heterocycles. The Morgan fingerprint density at radius 1 is 1.47 bits per heavy atom. The zero-order valence-electron chi connectivity index (χ0n) is 7.70. The van der Waals surface area contributed by atoms with Crippen molar-refractivity contribution in [3.63, 3.8) is 0 Å². The summed E-state index contributed by atoms with van der Waals surface area (Å²) in [7, 11) is -4.26. The van der Waals surface area contributed by atoms with Crippen LogP contribution in [0, 0.1) is 0 Å². The molecule has 0 aliphatic heterocycles. The number of benzene rings is 1. The van der Waals surface area contributed by atoms with Crippen LogP contribution in [-0.4, -0.2) is 24.4 Å². The highest BCUT2D eigenvalue weighted by Crippen LogP contribution is 2.17. The fourth-order valence-corrected chi connectivity index (χ4v) is 1.41. The van der Waals surface area contributed by atoms with Gasteiger partial charge in [-0.15, -0.1) is 0 Å². The van der Waals surface area contributed by atoms with Crippen molar-refractivity contribution in [3.05, 3.63) is 36.9 Å². The lowest BCUT2D eigenvalue weighted by Crippen LogP contribution is -2.11. The zero-order chi connectivity index (χ0) is 11.5. The predicted octanol–water partition coefficient (Wildman–Crippen LogP) is 0.817. The Bertz CT molecular complexity index is 451. The van der Waals surface area contributed by atoms with E-state index in [1.807, 2.05) is 0 Å². The van der Waals surface area contributed by atoms with Crippen LogP contribution in [0.25, 0.3) is 0 Å². The standard InChI is InChI=1S/C9H10O5S/c1-2-9(10)14-7-4-3-5-8(6-7)15(11,12)13/h2-6,9-10H,1H2,(H,11,12,13). The Kier molecular flexibility index (Phi) is 3.46. The van der Waals surface area contributed by atoms with Crippen LogP contribution in [0.15, 0.2) is 41.8 Å². The normalized spacial score (nSPS) is 13.2. The van der Waals surface area contributed by atoms with Gasteiger partial charge < -0.3 is 9.84 Å². The molecule has 0 fully saturated rings. The first-order valence-corrected chi connectivity index (χ1v) is 5.42. The lowest BCUT2D eigenvalue weighted by Gasteiger charge is -2.09. The van der Waals surface area contributed by atoms with Crippen molar-refractivity contribution in [2.75, 3.05) is 0 Å². The van der Waals surface area contributed by atoms with Gasteiger partial charge in [0.25, 0.3) is 10.1 Å². The van der Waals surface area contributed by atoms with E-state index in [0.717, 1.165) is 12.1 Å². The first-order chi connectivity index (χ1) is 6.93. The van der Waals surface area contributed by atoms with Crippen molar-refractivity contribution in [1.29, 1.82) is 0 Å². The summed E-state index contributed by atoms with van der Waals surface area (Å²) < 4.78 is 35.1. The monoisotopic (exact) mass is 230 g/mol. The van der Waals surface area contributed by atoms with Crippen molar-refractivity contribution in [2.24, 2.45) is 0 Å². The molecule has 5 nitrogen and oxygen atoms in total. The molecule has 0 amide bonds. The van der Waals surface area contributed by atoms with Crippen LogP contribution in [0.3, 0.4) is 0 Å². The molecule has 0 bridgehead atoms. The average molecular weight is 230 g/mol. The summed E-state index contributed by atoms with van der Waals surface area (Å²) in [5.41, 5.74) is 0. The second kappa shape index (κ2) is 4.43. The molecule has 0 spiro atoms. The maximum Gasteiger partial charge on any atom is 0.294 e. The van der Waals surface area contributed by atoms with Gasteiger partial charge in [-0.05, 0) is 18.2 Å². The number of aliphatic hydroxyl groups excluding tert-OH is 1. The number of aliphatic hydroxyl groups is 1. The van der Waals surface area contributed by atoms with E-state index in [-0.39, 0.29) is 10.6 Å². The highest BCUT2D eigenvalue weighted by molar-refractivity contribution is 7.85. The molecule has 15 heavy (non-hydrogen) atoms. The molecule has 6 heteroatoms. The lowest BCUT2D eigenvalue weighted by molar-refractivity contribution is 0.0249. The van der Waals surface area contributed by atoms with Crippen LogP contribution in [-0.2, 0) is 10.1 Å². The molecule has 82 valence electrons. The van der Waals surface area contributed by atoms with Gasteiger partial charge in [-0.3, -0.25) is 4.55 Å². The van der Waals surface area contributed by atoms with Crippen LogP contribution in [0.2, 0.25) is 0 Å². The quantitative estimate of drug-likeness (QED) is 0.454. The van der Waals surface area contributed by atoms with Crippen LogP contribution >= 0.6 is 0 Å². The summed E-state index contributed by atoms with van der Waals surface area (Å²) in [6.45, 7) is 3.29. The Balaban J connectivity index is 2.98. The Morgan fingerprint density at radius 2 is 2.13 bits per heavy atom. The van der Waals surface area contributed by atoms with Gasteiger partial charge in [-0.1, -0.05) is 12.6 Å². The van der Waals surface area contributed by atoms with Crippen LogP contribution < -0.4 is 4.74 Å². The average Bonchev–Trinajstić information content (AvgIpc) is 2.17. The molecule has 1 atom stereocenters. The third-order valence-corrected chi connectivity index (χ3v) is 2.41. The molecule has 0 radical (unpaired) electrons. The summed E-state index contributed by atoms with van der Waals surface area (Å²) in [5, 5.41) is 9.05. The minimum Gasteiger partial charge on any atom is -0.461 e. The topological polar surface area (TPSA) is 83.8 Å². The summed E-state index contributed by atoms with van der Waals surface area (Å²) in [4.78, 5) is -0.295. The second-order valence-corrected chi connectivity index (χ2v) is 4.12. The van der Waals surface area contributed by atoms with Crippen LogP contribution in [0.1, 0.15) is 0 Å². The molecule has 0 aliphatic carbocycles. The molecular formula is C9H10O5S. The maximum absolute atomic E-state index is 10.8. The van der Waals surface area contributed by atoms with Gasteiger partial charge in [0.15, 0.2) is 0 Å². The van der Waals surface area contributed by atoms with E-state index < -0.39 is 16.4 Å². The number of rotatable bonds is 4. The van der Waals surface area contributed by atoms with Gasteiger partial charge >= 0.3 is 0 Å². The number of ether oxygens (including phenoxy) is 1. The molecule has 1 unspecified atom stereocenters. The van der Waals surface area contributed by atoms with Gasteiger partial charge in [-0.25, -0.2) is 0 Å². The Labute approximate surface area is 87.4 Å². The van der Waals surface area contributed by atoms with Gasteiger partial charge in [0.05, 0.1) is 4.90 Å². The van der Waals surface area contributed by atoms with Gasteiger partial charge in [0.1, 0.15) is 5.75 Å². The largest absolute Gasteiger partial charge is 0.461 e. The molecule has 1 aromatic rings. The Morgan fingerprint density at radius 3 is 2.67 bits per heavy atom. The first kappa shape index (κ1) is 11.7. The summed E-state index contributed by atoms with van der Waals surface area (Å²) >= 11 is 0. The van der Waals surface area contributed by atoms with E-state index in [9.17, 15) is 8.42 Å². The fraction of sp³-hybridized carbons (Fsp3) is 0.111. The lowest BCUT2D eigenvalue weighted by atomic mass is 10.3. The highest BCUT2D eigenvalue weighted by Gasteiger charge is 2.10.